The van der Waals surface area contributed by atoms with Crippen molar-refractivity contribution in [2.75, 3.05) is 18.6 Å². The Kier molecular flexibility index (Phi) is 8.84. The maximum Gasteiger partial charge on any atom is 0.312 e. The number of nitrogens with two attached hydrogens (primary N) is 1. The summed E-state index contributed by atoms with van der Waals surface area (Å²) in [4.78, 5) is 34.4. The van der Waals surface area contributed by atoms with Gasteiger partial charge >= 0.3 is 12.0 Å². The molecule has 122 valence electrons. The molecule has 8 heteroatoms. The lowest BCUT2D eigenvalue weighted by molar-refractivity contribution is -0.149. The molecule has 1 atom stereocenters. The zero-order chi connectivity index (χ0) is 16.5. The number of carboxylic acids is 1. The Morgan fingerprint density at radius 2 is 1.86 bits per heavy atom. The van der Waals surface area contributed by atoms with Gasteiger partial charge in [-0.3, -0.25) is 9.59 Å². The highest BCUT2D eigenvalue weighted by Crippen LogP contribution is 2.25. The quantitative estimate of drug-likeness (QED) is 0.474. The van der Waals surface area contributed by atoms with E-state index in [1.807, 2.05) is 6.26 Å². The Hall–Kier alpha value is -1.44. The van der Waals surface area contributed by atoms with Gasteiger partial charge < -0.3 is 21.5 Å². The molecule has 1 unspecified atom stereocenters. The number of aliphatic carboxylic acids is 1. The minimum atomic E-state index is -0.980. The standard InChI is InChI=1S/C13H25N3O4S/c1-4-13(5-2,11(18)19)8-15-10(17)9(6-7-21-3)16-12(14)20/h9H,4-8H2,1-3H3,(H,15,17)(H,18,19)(H3,14,16,20). The first-order chi connectivity index (χ1) is 9.82. The summed E-state index contributed by atoms with van der Waals surface area (Å²) >= 11 is 1.55. The average Bonchev–Trinajstić information content (AvgIpc) is 2.44. The monoisotopic (exact) mass is 319 g/mol. The molecule has 0 aromatic carbocycles. The lowest BCUT2D eigenvalue weighted by Gasteiger charge is -2.28. The van der Waals surface area contributed by atoms with E-state index in [9.17, 15) is 19.5 Å². The van der Waals surface area contributed by atoms with Gasteiger partial charge in [0.15, 0.2) is 0 Å². The first-order valence-corrected chi connectivity index (χ1v) is 8.28. The van der Waals surface area contributed by atoms with E-state index in [1.54, 1.807) is 25.6 Å². The highest BCUT2D eigenvalue weighted by atomic mass is 32.2. The van der Waals surface area contributed by atoms with Gasteiger partial charge in [-0.2, -0.15) is 11.8 Å². The Morgan fingerprint density at radius 1 is 1.29 bits per heavy atom. The summed E-state index contributed by atoms with van der Waals surface area (Å²) in [7, 11) is 0. The van der Waals surface area contributed by atoms with Crippen molar-refractivity contribution in [3.8, 4) is 0 Å². The molecule has 0 aliphatic heterocycles. The lowest BCUT2D eigenvalue weighted by atomic mass is 9.82. The summed E-state index contributed by atoms with van der Waals surface area (Å²) in [5, 5.41) is 14.3. The Morgan fingerprint density at radius 3 is 2.24 bits per heavy atom. The normalized spacial score (nSPS) is 12.5. The van der Waals surface area contributed by atoms with Crippen LogP contribution < -0.4 is 16.4 Å². The number of nitrogens with one attached hydrogen (secondary N) is 2. The van der Waals surface area contributed by atoms with Crippen molar-refractivity contribution in [1.82, 2.24) is 10.6 Å². The maximum atomic E-state index is 12.1. The SMILES string of the molecule is CCC(CC)(CNC(=O)C(CCSC)NC(N)=O)C(=O)O. The van der Waals surface area contributed by atoms with Crippen molar-refractivity contribution >= 4 is 29.7 Å². The number of hydrogen-bond donors (Lipinski definition) is 4. The summed E-state index contributed by atoms with van der Waals surface area (Å²) in [6.45, 7) is 3.58. The molecule has 0 aliphatic carbocycles. The average molecular weight is 319 g/mol. The predicted octanol–water partition coefficient (Wildman–Crippen LogP) is 0.784. The van der Waals surface area contributed by atoms with Crippen LogP contribution in [0, 0.1) is 5.41 Å². The minimum Gasteiger partial charge on any atom is -0.481 e. The van der Waals surface area contributed by atoms with Crippen molar-refractivity contribution in [3.63, 3.8) is 0 Å². The van der Waals surface area contributed by atoms with Gasteiger partial charge in [0.1, 0.15) is 6.04 Å². The molecule has 0 bridgehead atoms. The van der Waals surface area contributed by atoms with E-state index in [0.717, 1.165) is 0 Å². The molecule has 0 fully saturated rings. The van der Waals surface area contributed by atoms with Gasteiger partial charge in [-0.15, -0.1) is 0 Å². The molecular formula is C13H25N3O4S. The number of carboxylic acid groups (broad SMARTS) is 1. The van der Waals surface area contributed by atoms with Crippen LogP contribution >= 0.6 is 11.8 Å². The first-order valence-electron chi connectivity index (χ1n) is 6.89. The molecule has 0 saturated heterocycles. The van der Waals surface area contributed by atoms with Crippen LogP contribution in [0.2, 0.25) is 0 Å². The molecule has 0 saturated carbocycles. The van der Waals surface area contributed by atoms with Gasteiger partial charge in [0.2, 0.25) is 5.91 Å². The topological polar surface area (TPSA) is 122 Å². The number of thioether (sulfide) groups is 1. The van der Waals surface area contributed by atoms with E-state index in [1.165, 1.54) is 0 Å². The molecule has 0 spiro atoms. The van der Waals surface area contributed by atoms with Crippen molar-refractivity contribution in [1.29, 1.82) is 0 Å². The van der Waals surface area contributed by atoms with Gasteiger partial charge in [-0.1, -0.05) is 13.8 Å². The number of hydrogen-bond acceptors (Lipinski definition) is 4. The molecule has 21 heavy (non-hydrogen) atoms. The molecule has 0 rings (SSSR count). The summed E-state index contributed by atoms with van der Waals surface area (Å²) in [6.07, 6.45) is 3.16. The van der Waals surface area contributed by atoms with Crippen LogP contribution in [0.1, 0.15) is 33.1 Å². The molecule has 0 heterocycles. The second-order valence-corrected chi connectivity index (χ2v) is 5.84. The molecular weight excluding hydrogens is 294 g/mol. The van der Waals surface area contributed by atoms with Crippen LogP contribution in [-0.4, -0.2) is 47.6 Å². The Bertz CT molecular complexity index is 372. The molecule has 0 aromatic rings. The Labute approximate surface area is 129 Å². The van der Waals surface area contributed by atoms with Gasteiger partial charge in [-0.25, -0.2) is 4.79 Å². The molecule has 0 aliphatic rings. The fourth-order valence-electron chi connectivity index (χ4n) is 1.93. The molecule has 0 radical (unpaired) electrons. The number of primary amides is 1. The largest absolute Gasteiger partial charge is 0.481 e. The zero-order valence-corrected chi connectivity index (χ0v) is 13.6. The number of urea groups is 1. The number of rotatable bonds is 10. The number of amides is 3. The molecule has 7 nitrogen and oxygen atoms in total. The fraction of sp³-hybridized carbons (Fsp3) is 0.769. The highest BCUT2D eigenvalue weighted by Gasteiger charge is 2.35. The number of carbonyl (C=O) groups excluding carboxylic acids is 2. The van der Waals surface area contributed by atoms with Crippen molar-refractivity contribution < 1.29 is 19.5 Å². The molecule has 3 amide bonds. The zero-order valence-electron chi connectivity index (χ0n) is 12.8. The van der Waals surface area contributed by atoms with Gasteiger partial charge in [0, 0.05) is 6.54 Å². The van der Waals surface area contributed by atoms with E-state index in [2.05, 4.69) is 10.6 Å². The first kappa shape index (κ1) is 19.6. The molecule has 5 N–H and O–H groups in total. The number of carbonyl (C=O) groups is 3. The lowest BCUT2D eigenvalue weighted by Crippen LogP contribution is -2.52. The van der Waals surface area contributed by atoms with Gasteiger partial charge in [0.25, 0.3) is 0 Å². The van der Waals surface area contributed by atoms with Crippen LogP contribution in [0.3, 0.4) is 0 Å². The van der Waals surface area contributed by atoms with Crippen LogP contribution in [0.5, 0.6) is 0 Å². The third kappa shape index (κ3) is 6.24. The second-order valence-electron chi connectivity index (χ2n) is 4.85. The Balaban J connectivity index is 4.73. The van der Waals surface area contributed by atoms with E-state index in [-0.39, 0.29) is 6.54 Å². The second kappa shape index (κ2) is 9.49. The molecule has 0 aromatic heterocycles. The van der Waals surface area contributed by atoms with Crippen molar-refractivity contribution in [3.05, 3.63) is 0 Å². The highest BCUT2D eigenvalue weighted by molar-refractivity contribution is 7.98. The maximum absolute atomic E-state index is 12.1. The summed E-state index contributed by atoms with van der Waals surface area (Å²) in [6, 6.07) is -1.51. The summed E-state index contributed by atoms with van der Waals surface area (Å²) < 4.78 is 0. The smallest absolute Gasteiger partial charge is 0.312 e. The summed E-state index contributed by atoms with van der Waals surface area (Å²) in [5.74, 6) is -0.656. The van der Waals surface area contributed by atoms with E-state index >= 15 is 0 Å². The predicted molar refractivity (Wildman–Crippen MR) is 83.2 cm³/mol. The minimum absolute atomic E-state index is 0.0321. The fourth-order valence-corrected chi connectivity index (χ4v) is 2.41. The van der Waals surface area contributed by atoms with Crippen LogP contribution in [0.4, 0.5) is 4.79 Å². The van der Waals surface area contributed by atoms with Crippen molar-refractivity contribution in [2.24, 2.45) is 11.1 Å². The van der Waals surface area contributed by atoms with Crippen LogP contribution in [0.25, 0.3) is 0 Å². The van der Waals surface area contributed by atoms with E-state index < -0.39 is 29.4 Å². The van der Waals surface area contributed by atoms with E-state index in [4.69, 9.17) is 5.73 Å². The van der Waals surface area contributed by atoms with Gasteiger partial charge in [0.05, 0.1) is 5.41 Å². The van der Waals surface area contributed by atoms with Crippen LogP contribution in [-0.2, 0) is 9.59 Å². The van der Waals surface area contributed by atoms with Crippen molar-refractivity contribution in [2.45, 2.75) is 39.2 Å². The third-order valence-electron chi connectivity index (χ3n) is 3.65. The summed E-state index contributed by atoms with van der Waals surface area (Å²) in [5.41, 5.74) is 4.07. The van der Waals surface area contributed by atoms with Gasteiger partial charge in [-0.05, 0) is 31.3 Å². The third-order valence-corrected chi connectivity index (χ3v) is 4.30. The van der Waals surface area contributed by atoms with Crippen LogP contribution in [0.15, 0.2) is 0 Å². The van der Waals surface area contributed by atoms with E-state index in [0.29, 0.717) is 25.0 Å².